The number of methoxy groups -OCH3 is 1. The molecule has 0 aliphatic rings. The summed E-state index contributed by atoms with van der Waals surface area (Å²) in [6.07, 6.45) is 1.60. The zero-order valence-corrected chi connectivity index (χ0v) is 13.1. The molecule has 0 aromatic carbocycles. The van der Waals surface area contributed by atoms with E-state index in [1.165, 1.54) is 7.11 Å². The number of ether oxygens (including phenoxy) is 1. The molecule has 0 aliphatic heterocycles. The third-order valence-corrected chi connectivity index (χ3v) is 4.32. The molecule has 0 unspecified atom stereocenters. The Kier molecular flexibility index (Phi) is 4.49. The highest BCUT2D eigenvalue weighted by atomic mass is 31.2. The number of nitrogens with one attached hydrogen (secondary N) is 1. The van der Waals surface area contributed by atoms with Gasteiger partial charge in [0.25, 0.3) is 0 Å². The van der Waals surface area contributed by atoms with Gasteiger partial charge in [-0.1, -0.05) is 0 Å². The van der Waals surface area contributed by atoms with Crippen LogP contribution in [0, 0.1) is 0 Å². The highest BCUT2D eigenvalue weighted by Gasteiger charge is 2.16. The maximum absolute atomic E-state index is 11.7. The Hall–Kier alpha value is -1.66. The van der Waals surface area contributed by atoms with Crippen molar-refractivity contribution in [3.8, 4) is 5.88 Å². The SMILES string of the molecule is COc1nc(=O)[nH]c2c1ncn2CC[C@H](O)CP(C)(C)=O. The smallest absolute Gasteiger partial charge is 0.349 e. The molecule has 116 valence electrons. The molecule has 0 radical (unpaired) electrons. The minimum Gasteiger partial charge on any atom is -0.479 e. The summed E-state index contributed by atoms with van der Waals surface area (Å²) < 4.78 is 18.4. The van der Waals surface area contributed by atoms with Crippen LogP contribution in [-0.2, 0) is 11.1 Å². The van der Waals surface area contributed by atoms with Gasteiger partial charge in [-0.25, -0.2) is 9.78 Å². The van der Waals surface area contributed by atoms with Crippen LogP contribution in [0.2, 0.25) is 0 Å². The summed E-state index contributed by atoms with van der Waals surface area (Å²) in [5.74, 6) is 0.166. The number of fused-ring (bicyclic) bond motifs is 1. The molecule has 0 spiro atoms. The molecule has 2 N–H and O–H groups in total. The van der Waals surface area contributed by atoms with E-state index < -0.39 is 18.9 Å². The van der Waals surface area contributed by atoms with Crippen LogP contribution in [0.4, 0.5) is 0 Å². The van der Waals surface area contributed by atoms with Crippen molar-refractivity contribution in [2.24, 2.45) is 0 Å². The first kappa shape index (κ1) is 15.7. The van der Waals surface area contributed by atoms with E-state index in [2.05, 4.69) is 15.0 Å². The number of aromatic nitrogens is 4. The van der Waals surface area contributed by atoms with Crippen molar-refractivity contribution in [1.29, 1.82) is 0 Å². The molecule has 1 atom stereocenters. The standard InChI is InChI=1S/C12H19N4O4P/c1-20-11-9-10(14-12(18)15-11)16(7-13-9)5-4-8(17)6-21(2,3)19/h7-8,17H,4-6H2,1-3H3,(H,14,15,18)/t8-/m0/s1. The average Bonchev–Trinajstić information content (AvgIpc) is 2.76. The lowest BCUT2D eigenvalue weighted by Crippen LogP contribution is -2.17. The topological polar surface area (TPSA) is 110 Å². The van der Waals surface area contributed by atoms with Gasteiger partial charge in [0.1, 0.15) is 5.65 Å². The Morgan fingerprint density at radius 1 is 1.52 bits per heavy atom. The summed E-state index contributed by atoms with van der Waals surface area (Å²) in [6.45, 7) is 3.74. The third kappa shape index (κ3) is 3.92. The van der Waals surface area contributed by atoms with Crippen molar-refractivity contribution >= 4 is 18.3 Å². The van der Waals surface area contributed by atoms with E-state index in [-0.39, 0.29) is 12.0 Å². The second kappa shape index (κ2) is 5.99. The second-order valence-corrected chi connectivity index (χ2v) is 8.90. The summed E-state index contributed by atoms with van der Waals surface area (Å²) in [4.78, 5) is 21.9. The lowest BCUT2D eigenvalue weighted by atomic mass is 10.3. The number of aliphatic hydroxyl groups excluding tert-OH is 1. The van der Waals surface area contributed by atoms with Gasteiger partial charge in [-0.15, -0.1) is 0 Å². The predicted molar refractivity (Wildman–Crippen MR) is 79.6 cm³/mol. The molecule has 9 heteroatoms. The maximum atomic E-state index is 11.7. The minimum atomic E-state index is -2.26. The fourth-order valence-corrected chi connectivity index (χ4v) is 3.34. The Morgan fingerprint density at radius 2 is 2.24 bits per heavy atom. The minimum absolute atomic E-state index is 0.166. The van der Waals surface area contributed by atoms with Gasteiger partial charge in [-0.2, -0.15) is 4.98 Å². The molecule has 0 saturated heterocycles. The molecule has 0 fully saturated rings. The highest BCUT2D eigenvalue weighted by Crippen LogP contribution is 2.36. The van der Waals surface area contributed by atoms with Crippen LogP contribution < -0.4 is 10.4 Å². The van der Waals surface area contributed by atoms with Crippen molar-refractivity contribution in [2.45, 2.75) is 19.1 Å². The first-order valence-corrected chi connectivity index (χ1v) is 9.30. The predicted octanol–water partition coefficient (Wildman–Crippen LogP) is 0.502. The average molecular weight is 314 g/mol. The number of aryl methyl sites for hydroxylation is 1. The largest absolute Gasteiger partial charge is 0.479 e. The number of hydrogen-bond acceptors (Lipinski definition) is 6. The van der Waals surface area contributed by atoms with Gasteiger partial charge < -0.3 is 19.0 Å². The monoisotopic (exact) mass is 314 g/mol. The zero-order valence-electron chi connectivity index (χ0n) is 12.2. The van der Waals surface area contributed by atoms with E-state index in [4.69, 9.17) is 4.74 Å². The van der Waals surface area contributed by atoms with Gasteiger partial charge in [0.15, 0.2) is 5.52 Å². The number of rotatable bonds is 6. The summed E-state index contributed by atoms with van der Waals surface area (Å²) in [5.41, 5.74) is 0.437. The molecule has 2 heterocycles. The van der Waals surface area contributed by atoms with Crippen molar-refractivity contribution in [1.82, 2.24) is 19.5 Å². The maximum Gasteiger partial charge on any atom is 0.349 e. The number of aliphatic hydroxyl groups is 1. The van der Waals surface area contributed by atoms with E-state index in [9.17, 15) is 14.5 Å². The Morgan fingerprint density at radius 3 is 2.86 bits per heavy atom. The number of H-pyrrole nitrogens is 1. The molecule has 2 aromatic rings. The van der Waals surface area contributed by atoms with E-state index in [1.54, 1.807) is 24.2 Å². The first-order valence-electron chi connectivity index (χ1n) is 6.51. The van der Waals surface area contributed by atoms with Gasteiger partial charge >= 0.3 is 5.69 Å². The van der Waals surface area contributed by atoms with Crippen LogP contribution in [0.25, 0.3) is 11.2 Å². The third-order valence-electron chi connectivity index (χ3n) is 3.02. The fraction of sp³-hybridized carbons (Fsp3) is 0.583. The first-order chi connectivity index (χ1) is 9.80. The van der Waals surface area contributed by atoms with Crippen molar-refractivity contribution in [3.05, 3.63) is 16.8 Å². The summed E-state index contributed by atoms with van der Waals surface area (Å²) >= 11 is 0. The summed E-state index contributed by atoms with van der Waals surface area (Å²) in [6, 6.07) is 0. The molecular weight excluding hydrogens is 295 g/mol. The van der Waals surface area contributed by atoms with E-state index >= 15 is 0 Å². The van der Waals surface area contributed by atoms with Crippen LogP contribution >= 0.6 is 7.14 Å². The van der Waals surface area contributed by atoms with Gasteiger partial charge in [-0.05, 0) is 19.8 Å². The quantitative estimate of drug-likeness (QED) is 0.751. The van der Waals surface area contributed by atoms with E-state index in [0.29, 0.717) is 24.1 Å². The Labute approximate surface area is 121 Å². The van der Waals surface area contributed by atoms with Crippen LogP contribution in [0.5, 0.6) is 5.88 Å². The number of hydrogen-bond donors (Lipinski definition) is 2. The van der Waals surface area contributed by atoms with Crippen LogP contribution in [0.3, 0.4) is 0 Å². The summed E-state index contributed by atoms with van der Waals surface area (Å²) in [5, 5.41) is 9.90. The van der Waals surface area contributed by atoms with Gasteiger partial charge in [-0.3, -0.25) is 4.98 Å². The van der Waals surface area contributed by atoms with Crippen molar-refractivity contribution in [2.75, 3.05) is 26.6 Å². The molecule has 0 aliphatic carbocycles. The van der Waals surface area contributed by atoms with Gasteiger partial charge in [0.2, 0.25) is 5.88 Å². The molecule has 8 nitrogen and oxygen atoms in total. The normalized spacial score (nSPS) is 13.5. The van der Waals surface area contributed by atoms with Crippen LogP contribution in [0.15, 0.2) is 11.1 Å². The van der Waals surface area contributed by atoms with Crippen molar-refractivity contribution in [3.63, 3.8) is 0 Å². The number of aromatic amines is 1. The molecular formula is C12H19N4O4P. The van der Waals surface area contributed by atoms with Crippen LogP contribution in [0.1, 0.15) is 6.42 Å². The number of imidazole rings is 1. The lowest BCUT2D eigenvalue weighted by Gasteiger charge is -2.14. The highest BCUT2D eigenvalue weighted by molar-refractivity contribution is 7.62. The second-order valence-electron chi connectivity index (χ2n) is 5.39. The lowest BCUT2D eigenvalue weighted by molar-refractivity contribution is 0.180. The van der Waals surface area contributed by atoms with E-state index in [0.717, 1.165) is 0 Å². The van der Waals surface area contributed by atoms with Gasteiger partial charge in [0, 0.05) is 12.7 Å². The molecule has 21 heavy (non-hydrogen) atoms. The molecule has 0 saturated carbocycles. The number of nitrogens with zero attached hydrogens (tertiary/aromatic N) is 3. The Bertz CT molecular complexity index is 732. The van der Waals surface area contributed by atoms with Crippen molar-refractivity contribution < 1.29 is 14.4 Å². The fourth-order valence-electron chi connectivity index (χ4n) is 2.14. The summed E-state index contributed by atoms with van der Waals surface area (Å²) in [7, 11) is -0.839. The molecule has 0 amide bonds. The van der Waals surface area contributed by atoms with E-state index in [1.807, 2.05) is 0 Å². The zero-order chi connectivity index (χ0) is 15.6. The Balaban J connectivity index is 2.18. The van der Waals surface area contributed by atoms with Crippen LogP contribution in [-0.4, -0.2) is 57.3 Å². The van der Waals surface area contributed by atoms with Gasteiger partial charge in [0.05, 0.1) is 26.7 Å². The molecule has 2 rings (SSSR count). The molecule has 2 aromatic heterocycles. The molecule has 0 bridgehead atoms.